The Balaban J connectivity index is 1.22. The Hall–Kier alpha value is -7.28. The van der Waals surface area contributed by atoms with Gasteiger partial charge in [0.25, 0.3) is 0 Å². The number of rotatable bonds is 7. The van der Waals surface area contributed by atoms with E-state index < -0.39 is 0 Å². The fraction of sp³-hybridized carbons (Fsp3) is 0. The fourth-order valence-electron chi connectivity index (χ4n) is 8.47. The molecule has 0 unspecified atom stereocenters. The molecule has 0 radical (unpaired) electrons. The predicted molar refractivity (Wildman–Crippen MR) is 240 cm³/mol. The quantitative estimate of drug-likeness (QED) is 0.144. The van der Waals surface area contributed by atoms with Gasteiger partial charge in [-0.25, -0.2) is 0 Å². The van der Waals surface area contributed by atoms with Crippen LogP contribution in [-0.4, -0.2) is 0 Å². The fourth-order valence-corrected chi connectivity index (χ4v) is 8.47. The van der Waals surface area contributed by atoms with Crippen LogP contribution < -0.4 is 0 Å². The van der Waals surface area contributed by atoms with Gasteiger partial charge in [-0.2, -0.15) is 0 Å². The normalized spacial score (nSPS) is 11.2. The maximum Gasteiger partial charge on any atom is -0.00261 e. The summed E-state index contributed by atoms with van der Waals surface area (Å²) in [7, 11) is 0. The molecule has 0 nitrogen and oxygen atoms in total. The molecular formula is C56H38. The summed E-state index contributed by atoms with van der Waals surface area (Å²) in [6, 6.07) is 84.0. The van der Waals surface area contributed by atoms with Crippen molar-refractivity contribution in [2.45, 2.75) is 0 Å². The standard InChI is InChI=1S/C56H38/c1-4-17-39(18-5-1)41-31-33-42(34-32-41)47-25-10-11-26-49(47)54-38-46(35-36-48(54)45-24-16-23-44(37-45)40-19-6-2-7-20-40)56-52-29-14-12-27-50(52)55(43-21-8-3-9-22-43)51-28-13-15-30-53(51)56/h1-38H. The maximum atomic E-state index is 2.44. The van der Waals surface area contributed by atoms with Gasteiger partial charge >= 0.3 is 0 Å². The number of fused-ring (bicyclic) bond motifs is 2. The second-order valence-electron chi connectivity index (χ2n) is 14.4. The van der Waals surface area contributed by atoms with Crippen LogP contribution in [0.2, 0.25) is 0 Å². The lowest BCUT2D eigenvalue weighted by Crippen LogP contribution is -1.94. The molecule has 0 fully saturated rings. The van der Waals surface area contributed by atoms with Crippen LogP contribution in [0.1, 0.15) is 0 Å². The molecule has 262 valence electrons. The second-order valence-corrected chi connectivity index (χ2v) is 14.4. The second kappa shape index (κ2) is 14.5. The molecule has 0 aliphatic rings. The lowest BCUT2D eigenvalue weighted by molar-refractivity contribution is 1.55. The van der Waals surface area contributed by atoms with E-state index >= 15 is 0 Å². The molecule has 56 heavy (non-hydrogen) atoms. The summed E-state index contributed by atoms with van der Waals surface area (Å²) in [6.45, 7) is 0. The summed E-state index contributed by atoms with van der Waals surface area (Å²) in [5.41, 5.74) is 17.0. The highest BCUT2D eigenvalue weighted by atomic mass is 14.2. The van der Waals surface area contributed by atoms with E-state index in [-0.39, 0.29) is 0 Å². The van der Waals surface area contributed by atoms with Gasteiger partial charge in [0.1, 0.15) is 0 Å². The number of hydrogen-bond acceptors (Lipinski definition) is 0. The van der Waals surface area contributed by atoms with Gasteiger partial charge in [-0.3, -0.25) is 0 Å². The topological polar surface area (TPSA) is 0 Å². The van der Waals surface area contributed by atoms with Crippen LogP contribution in [0.5, 0.6) is 0 Å². The first-order chi connectivity index (χ1) is 27.8. The summed E-state index contributed by atoms with van der Waals surface area (Å²) in [6.07, 6.45) is 0. The minimum atomic E-state index is 1.19. The van der Waals surface area contributed by atoms with Gasteiger partial charge < -0.3 is 0 Å². The molecule has 0 amide bonds. The third-order valence-electron chi connectivity index (χ3n) is 11.1. The van der Waals surface area contributed by atoms with Gasteiger partial charge in [-0.15, -0.1) is 0 Å². The van der Waals surface area contributed by atoms with Crippen LogP contribution in [0.4, 0.5) is 0 Å². The largest absolute Gasteiger partial charge is 0.0622 e. The third-order valence-corrected chi connectivity index (χ3v) is 11.1. The van der Waals surface area contributed by atoms with Gasteiger partial charge in [0.05, 0.1) is 0 Å². The Morgan fingerprint density at radius 3 is 1.12 bits per heavy atom. The SMILES string of the molecule is c1ccc(-c2ccc(-c3ccccc3-c3cc(-c4c5ccccc5c(-c5ccccc5)c5ccccc45)ccc3-c3cccc(-c4ccccc4)c3)cc2)cc1. The molecule has 10 aromatic rings. The van der Waals surface area contributed by atoms with E-state index in [9.17, 15) is 0 Å². The smallest absolute Gasteiger partial charge is 0.00261 e. The lowest BCUT2D eigenvalue weighted by Gasteiger charge is -2.20. The summed E-state index contributed by atoms with van der Waals surface area (Å²) < 4.78 is 0. The van der Waals surface area contributed by atoms with E-state index in [1.54, 1.807) is 0 Å². The van der Waals surface area contributed by atoms with Crippen molar-refractivity contribution in [1.82, 2.24) is 0 Å². The molecule has 10 aromatic carbocycles. The Kier molecular flexibility index (Phi) is 8.63. The summed E-state index contributed by atoms with van der Waals surface area (Å²) in [5.74, 6) is 0. The van der Waals surface area contributed by atoms with E-state index in [0.717, 1.165) is 0 Å². The van der Waals surface area contributed by atoms with Gasteiger partial charge in [-0.05, 0) is 112 Å². The van der Waals surface area contributed by atoms with Crippen LogP contribution in [0.15, 0.2) is 231 Å². The van der Waals surface area contributed by atoms with Crippen LogP contribution >= 0.6 is 0 Å². The molecule has 0 heterocycles. The number of benzene rings is 10. The Morgan fingerprint density at radius 2 is 0.536 bits per heavy atom. The van der Waals surface area contributed by atoms with Gasteiger partial charge in [0.15, 0.2) is 0 Å². The van der Waals surface area contributed by atoms with Crippen molar-refractivity contribution in [3.05, 3.63) is 231 Å². The molecule has 0 saturated heterocycles. The first kappa shape index (κ1) is 33.3. The van der Waals surface area contributed by atoms with E-state index in [2.05, 4.69) is 231 Å². The van der Waals surface area contributed by atoms with E-state index in [1.165, 1.54) is 99.4 Å². The van der Waals surface area contributed by atoms with Crippen molar-refractivity contribution in [2.24, 2.45) is 0 Å². The number of hydrogen-bond donors (Lipinski definition) is 0. The van der Waals surface area contributed by atoms with Gasteiger partial charge in [-0.1, -0.05) is 218 Å². The molecule has 0 heteroatoms. The van der Waals surface area contributed by atoms with Gasteiger partial charge in [0, 0.05) is 0 Å². The molecular weight excluding hydrogens is 673 g/mol. The molecule has 0 N–H and O–H groups in total. The maximum absolute atomic E-state index is 2.44. The van der Waals surface area contributed by atoms with E-state index in [1.807, 2.05) is 0 Å². The average Bonchev–Trinajstić information content (AvgIpc) is 3.29. The van der Waals surface area contributed by atoms with Crippen molar-refractivity contribution in [3.8, 4) is 77.9 Å². The predicted octanol–water partition coefficient (Wildman–Crippen LogP) is 15.7. The molecule has 0 aromatic heterocycles. The average molecular weight is 711 g/mol. The molecule has 0 aliphatic carbocycles. The first-order valence-electron chi connectivity index (χ1n) is 19.3. The molecule has 0 spiro atoms. The Morgan fingerprint density at radius 1 is 0.161 bits per heavy atom. The minimum Gasteiger partial charge on any atom is -0.0622 e. The summed E-state index contributed by atoms with van der Waals surface area (Å²) in [4.78, 5) is 0. The zero-order valence-corrected chi connectivity index (χ0v) is 30.9. The van der Waals surface area contributed by atoms with Crippen molar-refractivity contribution in [1.29, 1.82) is 0 Å². The highest BCUT2D eigenvalue weighted by Crippen LogP contribution is 2.47. The third kappa shape index (κ3) is 6.08. The van der Waals surface area contributed by atoms with Gasteiger partial charge in [0.2, 0.25) is 0 Å². The van der Waals surface area contributed by atoms with Crippen molar-refractivity contribution >= 4 is 21.5 Å². The Labute approximate surface area is 328 Å². The van der Waals surface area contributed by atoms with E-state index in [0.29, 0.717) is 0 Å². The van der Waals surface area contributed by atoms with Crippen molar-refractivity contribution in [3.63, 3.8) is 0 Å². The Bertz CT molecular complexity index is 2920. The molecule has 0 atom stereocenters. The van der Waals surface area contributed by atoms with Crippen LogP contribution in [0, 0.1) is 0 Å². The van der Waals surface area contributed by atoms with Crippen LogP contribution in [0.25, 0.3) is 99.4 Å². The zero-order chi connectivity index (χ0) is 37.3. The molecule has 0 aliphatic heterocycles. The highest BCUT2D eigenvalue weighted by molar-refractivity contribution is 6.21. The monoisotopic (exact) mass is 710 g/mol. The summed E-state index contributed by atoms with van der Waals surface area (Å²) in [5, 5.41) is 5.01. The first-order valence-corrected chi connectivity index (χ1v) is 19.3. The molecule has 0 bridgehead atoms. The molecule has 10 rings (SSSR count). The highest BCUT2D eigenvalue weighted by Gasteiger charge is 2.20. The zero-order valence-electron chi connectivity index (χ0n) is 30.9. The van der Waals surface area contributed by atoms with E-state index in [4.69, 9.17) is 0 Å². The molecule has 0 saturated carbocycles. The lowest BCUT2D eigenvalue weighted by atomic mass is 9.83. The summed E-state index contributed by atoms with van der Waals surface area (Å²) >= 11 is 0. The van der Waals surface area contributed by atoms with Crippen LogP contribution in [-0.2, 0) is 0 Å². The van der Waals surface area contributed by atoms with Crippen molar-refractivity contribution < 1.29 is 0 Å². The minimum absolute atomic E-state index is 1.19. The van der Waals surface area contributed by atoms with Crippen LogP contribution in [0.3, 0.4) is 0 Å². The van der Waals surface area contributed by atoms with Crippen molar-refractivity contribution in [2.75, 3.05) is 0 Å².